The first-order valence-corrected chi connectivity index (χ1v) is 7.84. The number of hydrogen-bond acceptors (Lipinski definition) is 1. The van der Waals surface area contributed by atoms with E-state index in [1.807, 2.05) is 17.4 Å². The van der Waals surface area contributed by atoms with Gasteiger partial charge >= 0.3 is 0 Å². The summed E-state index contributed by atoms with van der Waals surface area (Å²) in [4.78, 5) is 2.66. The minimum atomic E-state index is 0.851. The highest BCUT2D eigenvalue weighted by Crippen LogP contribution is 2.24. The fourth-order valence-corrected chi connectivity index (χ4v) is 2.90. The maximum atomic E-state index is 3.87. The van der Waals surface area contributed by atoms with Crippen LogP contribution in [-0.2, 0) is 0 Å². The van der Waals surface area contributed by atoms with Gasteiger partial charge in [-0.15, -0.1) is 11.3 Å². The first kappa shape index (κ1) is 15.2. The van der Waals surface area contributed by atoms with Crippen molar-refractivity contribution in [2.45, 2.75) is 52.9 Å². The molecule has 0 spiro atoms. The van der Waals surface area contributed by atoms with E-state index in [0.717, 1.165) is 5.92 Å². The van der Waals surface area contributed by atoms with Crippen LogP contribution in [0.3, 0.4) is 0 Å². The Morgan fingerprint density at radius 2 is 2.06 bits per heavy atom. The number of aryl methyl sites for hydroxylation is 1. The second-order valence-electron chi connectivity index (χ2n) is 5.31. The predicted molar refractivity (Wildman–Crippen MR) is 86.1 cm³/mol. The lowest BCUT2D eigenvalue weighted by atomic mass is 10.0. The molecule has 0 aromatic carbocycles. The quantitative estimate of drug-likeness (QED) is 0.481. The van der Waals surface area contributed by atoms with Gasteiger partial charge in [0.15, 0.2) is 0 Å². The van der Waals surface area contributed by atoms with Gasteiger partial charge < -0.3 is 0 Å². The fraction of sp³-hybridized carbons (Fsp3) is 0.529. The molecule has 0 aliphatic carbocycles. The lowest BCUT2D eigenvalue weighted by molar-refractivity contribution is 0.529. The van der Waals surface area contributed by atoms with E-state index in [1.54, 1.807) is 0 Å². The summed E-state index contributed by atoms with van der Waals surface area (Å²) in [6.45, 7) is 10.6. The summed E-state index contributed by atoms with van der Waals surface area (Å²) in [5.41, 5.74) is 1.33. The summed E-state index contributed by atoms with van der Waals surface area (Å²) < 4.78 is 0. The molecule has 1 aromatic heterocycles. The predicted octanol–water partition coefficient (Wildman–Crippen LogP) is 6.32. The Kier molecular flexibility index (Phi) is 7.04. The van der Waals surface area contributed by atoms with Crippen molar-refractivity contribution in [1.82, 2.24) is 0 Å². The molecule has 18 heavy (non-hydrogen) atoms. The van der Waals surface area contributed by atoms with Gasteiger partial charge in [-0.3, -0.25) is 0 Å². The van der Waals surface area contributed by atoms with Gasteiger partial charge in [-0.1, -0.05) is 57.9 Å². The third-order valence-electron chi connectivity index (χ3n) is 3.05. The molecule has 1 rings (SSSR count). The molecular weight excluding hydrogens is 236 g/mol. The maximum absolute atomic E-state index is 3.87. The molecule has 100 valence electrons. The van der Waals surface area contributed by atoms with Gasteiger partial charge in [0, 0.05) is 9.75 Å². The number of unbranched alkanes of at least 4 members (excludes halogenated alkanes) is 3. The number of thiophene rings is 1. The standard InChI is InChI=1S/C17H26S/c1-5-17-16(13-15(4)18-17)12-10-8-6-7-9-11-14(2)3/h5,10,12-14H,1,6-9,11H2,2-4H3/b12-10-. The largest absolute Gasteiger partial charge is 0.141 e. The number of rotatable bonds is 8. The van der Waals surface area contributed by atoms with Crippen LogP contribution >= 0.6 is 11.3 Å². The molecule has 0 radical (unpaired) electrons. The molecule has 0 bridgehead atoms. The second-order valence-corrected chi connectivity index (χ2v) is 6.60. The van der Waals surface area contributed by atoms with Crippen molar-refractivity contribution >= 4 is 23.5 Å². The van der Waals surface area contributed by atoms with Gasteiger partial charge in [-0.05, 0) is 37.3 Å². The van der Waals surface area contributed by atoms with Crippen LogP contribution in [0, 0.1) is 12.8 Å². The molecule has 0 nitrogen and oxygen atoms in total. The minimum absolute atomic E-state index is 0.851. The van der Waals surface area contributed by atoms with E-state index >= 15 is 0 Å². The zero-order chi connectivity index (χ0) is 13.4. The van der Waals surface area contributed by atoms with Crippen LogP contribution in [0.5, 0.6) is 0 Å². The van der Waals surface area contributed by atoms with E-state index in [1.165, 1.54) is 47.4 Å². The smallest absolute Gasteiger partial charge is 0.0339 e. The Morgan fingerprint density at radius 3 is 2.72 bits per heavy atom. The minimum Gasteiger partial charge on any atom is -0.141 e. The van der Waals surface area contributed by atoms with Crippen LogP contribution in [-0.4, -0.2) is 0 Å². The lowest BCUT2D eigenvalue weighted by Gasteiger charge is -2.02. The Balaban J connectivity index is 2.26. The van der Waals surface area contributed by atoms with Crippen molar-refractivity contribution in [2.24, 2.45) is 5.92 Å². The van der Waals surface area contributed by atoms with Crippen LogP contribution < -0.4 is 0 Å². The Labute approximate surface area is 116 Å². The zero-order valence-corrected chi connectivity index (χ0v) is 12.9. The number of allylic oxidation sites excluding steroid dienone is 1. The van der Waals surface area contributed by atoms with Gasteiger partial charge in [0.1, 0.15) is 0 Å². The van der Waals surface area contributed by atoms with E-state index in [4.69, 9.17) is 0 Å². The highest BCUT2D eigenvalue weighted by Gasteiger charge is 1.99. The molecule has 0 aliphatic heterocycles. The fourth-order valence-electron chi connectivity index (χ4n) is 2.04. The van der Waals surface area contributed by atoms with Crippen molar-refractivity contribution in [3.8, 4) is 0 Å². The second kappa shape index (κ2) is 8.31. The zero-order valence-electron chi connectivity index (χ0n) is 12.0. The number of hydrogen-bond donors (Lipinski definition) is 0. The van der Waals surface area contributed by atoms with E-state index in [2.05, 4.69) is 45.6 Å². The molecule has 0 amide bonds. The van der Waals surface area contributed by atoms with E-state index in [-0.39, 0.29) is 0 Å². The van der Waals surface area contributed by atoms with Gasteiger partial charge in [0.25, 0.3) is 0 Å². The van der Waals surface area contributed by atoms with Crippen LogP contribution in [0.25, 0.3) is 12.2 Å². The molecule has 0 fully saturated rings. The highest BCUT2D eigenvalue weighted by molar-refractivity contribution is 7.13. The Morgan fingerprint density at radius 1 is 1.28 bits per heavy atom. The average Bonchev–Trinajstić information content (AvgIpc) is 2.68. The molecule has 0 atom stereocenters. The van der Waals surface area contributed by atoms with Crippen LogP contribution in [0.2, 0.25) is 0 Å². The molecule has 0 aliphatic rings. The third kappa shape index (κ3) is 5.68. The van der Waals surface area contributed by atoms with Crippen LogP contribution in [0.15, 0.2) is 18.7 Å². The van der Waals surface area contributed by atoms with Crippen molar-refractivity contribution in [2.75, 3.05) is 0 Å². The summed E-state index contributed by atoms with van der Waals surface area (Å²) >= 11 is 1.82. The highest BCUT2D eigenvalue weighted by atomic mass is 32.1. The van der Waals surface area contributed by atoms with Crippen molar-refractivity contribution < 1.29 is 0 Å². The SMILES string of the molecule is C=Cc1sc(C)cc1/C=C\CCCCCC(C)C. The van der Waals surface area contributed by atoms with Gasteiger partial charge in [-0.25, -0.2) is 0 Å². The Hall–Kier alpha value is -0.820. The first-order chi connectivity index (χ1) is 8.63. The van der Waals surface area contributed by atoms with E-state index < -0.39 is 0 Å². The van der Waals surface area contributed by atoms with E-state index in [0.29, 0.717) is 0 Å². The molecule has 0 unspecified atom stereocenters. The molecular formula is C17H26S. The van der Waals surface area contributed by atoms with Crippen LogP contribution in [0.4, 0.5) is 0 Å². The summed E-state index contributed by atoms with van der Waals surface area (Å²) in [5.74, 6) is 0.851. The van der Waals surface area contributed by atoms with E-state index in [9.17, 15) is 0 Å². The molecule has 1 heterocycles. The van der Waals surface area contributed by atoms with Crippen molar-refractivity contribution in [3.05, 3.63) is 34.0 Å². The summed E-state index contributed by atoms with van der Waals surface area (Å²) in [6.07, 6.45) is 13.1. The molecule has 0 saturated heterocycles. The van der Waals surface area contributed by atoms with Gasteiger partial charge in [-0.2, -0.15) is 0 Å². The average molecular weight is 262 g/mol. The summed E-state index contributed by atoms with van der Waals surface area (Å²) in [5, 5.41) is 0. The van der Waals surface area contributed by atoms with Crippen molar-refractivity contribution in [3.63, 3.8) is 0 Å². The topological polar surface area (TPSA) is 0 Å². The molecule has 0 N–H and O–H groups in total. The molecule has 0 saturated carbocycles. The Bertz CT molecular complexity index is 382. The summed E-state index contributed by atoms with van der Waals surface area (Å²) in [6, 6.07) is 2.25. The maximum Gasteiger partial charge on any atom is 0.0339 e. The van der Waals surface area contributed by atoms with Crippen molar-refractivity contribution in [1.29, 1.82) is 0 Å². The first-order valence-electron chi connectivity index (χ1n) is 7.03. The molecule has 1 aromatic rings. The monoisotopic (exact) mass is 262 g/mol. The third-order valence-corrected chi connectivity index (χ3v) is 4.11. The molecule has 1 heteroatoms. The lowest BCUT2D eigenvalue weighted by Crippen LogP contribution is -1.86. The van der Waals surface area contributed by atoms with Gasteiger partial charge in [0.2, 0.25) is 0 Å². The normalized spacial score (nSPS) is 11.6. The van der Waals surface area contributed by atoms with Gasteiger partial charge in [0.05, 0.1) is 0 Å². The summed E-state index contributed by atoms with van der Waals surface area (Å²) in [7, 11) is 0. The van der Waals surface area contributed by atoms with Crippen LogP contribution in [0.1, 0.15) is 61.3 Å².